The molecule has 2 aromatic rings. The third-order valence-electron chi connectivity index (χ3n) is 3.02. The summed E-state index contributed by atoms with van der Waals surface area (Å²) in [5.41, 5.74) is 5.09. The molecule has 0 fully saturated rings. The van der Waals surface area contributed by atoms with E-state index in [-0.39, 0.29) is 0 Å². The fourth-order valence-electron chi connectivity index (χ4n) is 1.89. The van der Waals surface area contributed by atoms with E-state index in [1.807, 2.05) is 0 Å². The highest BCUT2D eigenvalue weighted by atomic mass is 14.7. The van der Waals surface area contributed by atoms with Gasteiger partial charge in [-0.15, -0.1) is 0 Å². The van der Waals surface area contributed by atoms with Crippen LogP contribution in [-0.2, 0) is 19.3 Å². The van der Waals surface area contributed by atoms with Crippen molar-refractivity contribution in [2.45, 2.75) is 33.1 Å². The van der Waals surface area contributed by atoms with E-state index in [0.717, 1.165) is 19.3 Å². The van der Waals surface area contributed by atoms with Crippen LogP contribution in [0.4, 0.5) is 0 Å². The van der Waals surface area contributed by atoms with Crippen molar-refractivity contribution in [2.24, 2.45) is 0 Å². The van der Waals surface area contributed by atoms with Gasteiger partial charge in [0.2, 0.25) is 0 Å². The van der Waals surface area contributed by atoms with Crippen LogP contribution in [0.3, 0.4) is 0 Å². The van der Waals surface area contributed by atoms with Gasteiger partial charge in [0.15, 0.2) is 0 Å². The number of hydrogen-bond acceptors (Lipinski definition) is 1. The fourth-order valence-corrected chi connectivity index (χ4v) is 1.89. The number of aryl methyl sites for hydroxylation is 4. The molecule has 1 heteroatoms. The van der Waals surface area contributed by atoms with Crippen molar-refractivity contribution in [1.29, 1.82) is 0 Å². The molecule has 88 valence electrons. The minimum absolute atomic E-state index is 1.01. The van der Waals surface area contributed by atoms with Crippen molar-refractivity contribution >= 4 is 0 Å². The van der Waals surface area contributed by atoms with Crippen LogP contribution in [0.2, 0.25) is 0 Å². The minimum Gasteiger partial charge on any atom is -0.258 e. The van der Waals surface area contributed by atoms with Gasteiger partial charge in [-0.2, -0.15) is 0 Å². The zero-order valence-corrected chi connectivity index (χ0v) is 10.6. The van der Waals surface area contributed by atoms with Crippen LogP contribution >= 0.6 is 0 Å². The summed E-state index contributed by atoms with van der Waals surface area (Å²) in [5.74, 6) is 0. The average molecular weight is 225 g/mol. The SMILES string of the molecule is CCc1cccc(CCc2ccc(C)cc2)n1. The maximum atomic E-state index is 4.62. The first-order chi connectivity index (χ1) is 8.28. The second kappa shape index (κ2) is 5.62. The van der Waals surface area contributed by atoms with Crippen LogP contribution in [0.1, 0.15) is 29.4 Å². The first-order valence-electron chi connectivity index (χ1n) is 6.28. The normalized spacial score (nSPS) is 10.5. The lowest BCUT2D eigenvalue weighted by molar-refractivity contribution is 0.885. The molecule has 0 aliphatic heterocycles. The van der Waals surface area contributed by atoms with Gasteiger partial charge in [0.25, 0.3) is 0 Å². The van der Waals surface area contributed by atoms with E-state index < -0.39 is 0 Å². The number of nitrogens with zero attached hydrogens (tertiary/aromatic N) is 1. The minimum atomic E-state index is 1.01. The molecule has 1 heterocycles. The van der Waals surface area contributed by atoms with Gasteiger partial charge in [-0.25, -0.2) is 0 Å². The lowest BCUT2D eigenvalue weighted by Crippen LogP contribution is -1.97. The second-order valence-electron chi connectivity index (χ2n) is 4.46. The molecule has 0 aliphatic carbocycles. The van der Waals surface area contributed by atoms with Crippen molar-refractivity contribution in [3.05, 3.63) is 65.0 Å². The van der Waals surface area contributed by atoms with Gasteiger partial charge >= 0.3 is 0 Å². The molecule has 1 aromatic heterocycles. The van der Waals surface area contributed by atoms with Crippen LogP contribution in [0.5, 0.6) is 0 Å². The second-order valence-corrected chi connectivity index (χ2v) is 4.46. The fraction of sp³-hybridized carbons (Fsp3) is 0.312. The molecular weight excluding hydrogens is 206 g/mol. The van der Waals surface area contributed by atoms with Crippen LogP contribution in [0.25, 0.3) is 0 Å². The van der Waals surface area contributed by atoms with Crippen LogP contribution in [-0.4, -0.2) is 4.98 Å². The predicted octanol–water partition coefficient (Wildman–Crippen LogP) is 3.74. The summed E-state index contributed by atoms with van der Waals surface area (Å²) >= 11 is 0. The third kappa shape index (κ3) is 3.42. The van der Waals surface area contributed by atoms with Crippen molar-refractivity contribution < 1.29 is 0 Å². The molecule has 0 saturated heterocycles. The smallest absolute Gasteiger partial charge is 0.0410 e. The summed E-state index contributed by atoms with van der Waals surface area (Å²) in [6.45, 7) is 4.27. The average Bonchev–Trinajstić information content (AvgIpc) is 2.38. The quantitative estimate of drug-likeness (QED) is 0.772. The molecular formula is C16H19N. The number of rotatable bonds is 4. The highest BCUT2D eigenvalue weighted by molar-refractivity contribution is 5.22. The molecule has 0 radical (unpaired) electrons. The summed E-state index contributed by atoms with van der Waals surface area (Å²) in [4.78, 5) is 4.62. The monoisotopic (exact) mass is 225 g/mol. The van der Waals surface area contributed by atoms with Gasteiger partial charge in [-0.05, 0) is 43.9 Å². The van der Waals surface area contributed by atoms with Crippen molar-refractivity contribution in [2.75, 3.05) is 0 Å². The summed E-state index contributed by atoms with van der Waals surface area (Å²) in [7, 11) is 0. The van der Waals surface area contributed by atoms with Crippen molar-refractivity contribution in [3.63, 3.8) is 0 Å². The van der Waals surface area contributed by atoms with Crippen LogP contribution in [0.15, 0.2) is 42.5 Å². The standard InChI is InChI=1S/C16H19N/c1-3-15-5-4-6-16(17-15)12-11-14-9-7-13(2)8-10-14/h4-10H,3,11-12H2,1-2H3. The molecule has 0 amide bonds. The number of aromatic nitrogens is 1. The number of pyridine rings is 1. The Balaban J connectivity index is 1.99. The van der Waals surface area contributed by atoms with Gasteiger partial charge in [0.1, 0.15) is 0 Å². The van der Waals surface area contributed by atoms with E-state index in [1.165, 1.54) is 22.5 Å². The Morgan fingerprint density at radius 3 is 2.29 bits per heavy atom. The molecule has 2 rings (SSSR count). The first-order valence-corrected chi connectivity index (χ1v) is 6.28. The van der Waals surface area contributed by atoms with E-state index in [1.54, 1.807) is 0 Å². The highest BCUT2D eigenvalue weighted by Crippen LogP contribution is 2.08. The summed E-state index contributed by atoms with van der Waals surface area (Å²) in [5, 5.41) is 0. The van der Waals surface area contributed by atoms with Crippen molar-refractivity contribution in [1.82, 2.24) is 4.98 Å². The van der Waals surface area contributed by atoms with Crippen LogP contribution in [0, 0.1) is 6.92 Å². The van der Waals surface area contributed by atoms with Gasteiger partial charge < -0.3 is 0 Å². The van der Waals surface area contributed by atoms with E-state index in [2.05, 4.69) is 61.3 Å². The lowest BCUT2D eigenvalue weighted by atomic mass is 10.1. The molecule has 1 aromatic carbocycles. The summed E-state index contributed by atoms with van der Waals surface area (Å²) < 4.78 is 0. The maximum absolute atomic E-state index is 4.62. The number of hydrogen-bond donors (Lipinski definition) is 0. The van der Waals surface area contributed by atoms with E-state index in [9.17, 15) is 0 Å². The Morgan fingerprint density at radius 1 is 0.882 bits per heavy atom. The van der Waals surface area contributed by atoms with Gasteiger partial charge in [0.05, 0.1) is 0 Å². The number of benzene rings is 1. The molecule has 0 bridgehead atoms. The van der Waals surface area contributed by atoms with Crippen molar-refractivity contribution in [3.8, 4) is 0 Å². The van der Waals surface area contributed by atoms with E-state index >= 15 is 0 Å². The molecule has 17 heavy (non-hydrogen) atoms. The van der Waals surface area contributed by atoms with Gasteiger partial charge in [0, 0.05) is 11.4 Å². The topological polar surface area (TPSA) is 12.9 Å². The largest absolute Gasteiger partial charge is 0.258 e. The highest BCUT2D eigenvalue weighted by Gasteiger charge is 1.98. The Bertz CT molecular complexity index is 471. The molecule has 1 nitrogen and oxygen atoms in total. The Labute approximate surface area is 104 Å². The maximum Gasteiger partial charge on any atom is 0.0410 e. The lowest BCUT2D eigenvalue weighted by Gasteiger charge is -2.04. The van der Waals surface area contributed by atoms with E-state index in [4.69, 9.17) is 0 Å². The van der Waals surface area contributed by atoms with Crippen LogP contribution < -0.4 is 0 Å². The zero-order chi connectivity index (χ0) is 12.1. The first kappa shape index (κ1) is 11.8. The van der Waals surface area contributed by atoms with Gasteiger partial charge in [-0.3, -0.25) is 4.98 Å². The summed E-state index contributed by atoms with van der Waals surface area (Å²) in [6.07, 6.45) is 3.11. The molecule has 0 atom stereocenters. The molecule has 0 spiro atoms. The zero-order valence-electron chi connectivity index (χ0n) is 10.6. The molecule has 0 saturated carbocycles. The summed E-state index contributed by atoms with van der Waals surface area (Å²) in [6, 6.07) is 15.1. The molecule has 0 aliphatic rings. The predicted molar refractivity (Wildman–Crippen MR) is 72.2 cm³/mol. The Kier molecular flexibility index (Phi) is 3.92. The molecule has 0 N–H and O–H groups in total. The Morgan fingerprint density at radius 2 is 1.59 bits per heavy atom. The Hall–Kier alpha value is -1.63. The third-order valence-corrected chi connectivity index (χ3v) is 3.02. The molecule has 0 unspecified atom stereocenters. The van der Waals surface area contributed by atoms with Gasteiger partial charge in [-0.1, -0.05) is 42.8 Å². The van der Waals surface area contributed by atoms with E-state index in [0.29, 0.717) is 0 Å².